The number of aldehydes is 1. The van der Waals surface area contributed by atoms with E-state index in [1.165, 1.54) is 11.1 Å². The van der Waals surface area contributed by atoms with E-state index in [2.05, 4.69) is 45.9 Å². The molecule has 0 N–H and O–H groups in total. The highest BCUT2D eigenvalue weighted by molar-refractivity contribution is 5.66. The van der Waals surface area contributed by atoms with Crippen molar-refractivity contribution in [3.05, 3.63) is 83.0 Å². The van der Waals surface area contributed by atoms with Crippen molar-refractivity contribution in [2.45, 2.75) is 53.6 Å². The van der Waals surface area contributed by atoms with Gasteiger partial charge in [0.15, 0.2) is 0 Å². The Bertz CT molecular complexity index is 877. The third-order valence-corrected chi connectivity index (χ3v) is 5.57. The molecule has 0 aromatic heterocycles. The molecule has 0 spiro atoms. The number of allylic oxidation sites excluding steroid dienone is 9. The molecule has 0 saturated heterocycles. The summed E-state index contributed by atoms with van der Waals surface area (Å²) in [6.45, 7) is 10.8. The van der Waals surface area contributed by atoms with Gasteiger partial charge in [-0.2, -0.15) is 0 Å². The molecule has 3 heteroatoms. The zero-order valence-electron chi connectivity index (χ0n) is 19.1. The van der Waals surface area contributed by atoms with Crippen LogP contribution >= 0.6 is 0 Å². The van der Waals surface area contributed by atoms with Gasteiger partial charge in [0.05, 0.1) is 7.11 Å². The van der Waals surface area contributed by atoms with Gasteiger partial charge in [-0.15, -0.1) is 0 Å². The molecule has 1 aromatic carbocycles. The summed E-state index contributed by atoms with van der Waals surface area (Å²) in [5.74, 6) is 1.69. The van der Waals surface area contributed by atoms with Crippen LogP contribution in [0.25, 0.3) is 0 Å². The monoisotopic (exact) mass is 406 g/mol. The lowest BCUT2D eigenvalue weighted by molar-refractivity contribution is -0.104. The van der Waals surface area contributed by atoms with Crippen molar-refractivity contribution in [2.24, 2.45) is 5.41 Å². The highest BCUT2D eigenvalue weighted by atomic mass is 16.5. The maximum absolute atomic E-state index is 10.5. The van der Waals surface area contributed by atoms with E-state index < -0.39 is 0 Å². The van der Waals surface area contributed by atoms with Crippen LogP contribution in [0.5, 0.6) is 11.5 Å². The van der Waals surface area contributed by atoms with Gasteiger partial charge < -0.3 is 9.47 Å². The summed E-state index contributed by atoms with van der Waals surface area (Å²) in [6.07, 6.45) is 14.8. The van der Waals surface area contributed by atoms with Gasteiger partial charge in [-0.25, -0.2) is 0 Å². The van der Waals surface area contributed by atoms with Crippen LogP contribution < -0.4 is 9.47 Å². The maximum Gasteiger partial charge on any atom is 0.143 e. The smallest absolute Gasteiger partial charge is 0.143 e. The lowest BCUT2D eigenvalue weighted by Crippen LogP contribution is -2.30. The highest BCUT2D eigenvalue weighted by Gasteiger charge is 2.32. The number of ether oxygens (including phenoxy) is 2. The van der Waals surface area contributed by atoms with Crippen LogP contribution in [0, 0.1) is 5.41 Å². The van der Waals surface area contributed by atoms with Gasteiger partial charge >= 0.3 is 0 Å². The van der Waals surface area contributed by atoms with Crippen molar-refractivity contribution >= 4 is 6.29 Å². The minimum absolute atomic E-state index is 0.0754. The minimum Gasteiger partial charge on any atom is -0.497 e. The summed E-state index contributed by atoms with van der Waals surface area (Å²) in [4.78, 5) is 10.5. The number of hydrogen-bond acceptors (Lipinski definition) is 3. The first-order valence-electron chi connectivity index (χ1n) is 10.4. The Kier molecular flexibility index (Phi) is 8.46. The van der Waals surface area contributed by atoms with Crippen molar-refractivity contribution in [1.29, 1.82) is 0 Å². The molecular formula is C27H34O3. The normalized spacial score (nSPS) is 20.1. The maximum atomic E-state index is 10.5. The van der Waals surface area contributed by atoms with E-state index in [0.717, 1.165) is 41.8 Å². The molecule has 0 amide bonds. The fourth-order valence-electron chi connectivity index (χ4n) is 3.66. The van der Waals surface area contributed by atoms with Crippen molar-refractivity contribution in [2.75, 3.05) is 7.11 Å². The summed E-state index contributed by atoms with van der Waals surface area (Å²) in [7, 11) is 1.67. The number of carbonyl (C=O) groups excluding carboxylic acids is 1. The molecule has 1 atom stereocenters. The molecule has 0 fully saturated rings. The van der Waals surface area contributed by atoms with Crippen LogP contribution in [0.4, 0.5) is 0 Å². The molecule has 1 aliphatic carbocycles. The molecule has 30 heavy (non-hydrogen) atoms. The van der Waals surface area contributed by atoms with Gasteiger partial charge in [0, 0.05) is 0 Å². The predicted molar refractivity (Wildman–Crippen MR) is 125 cm³/mol. The van der Waals surface area contributed by atoms with Crippen molar-refractivity contribution < 1.29 is 14.3 Å². The van der Waals surface area contributed by atoms with Crippen LogP contribution in [-0.2, 0) is 4.79 Å². The Morgan fingerprint density at radius 1 is 1.03 bits per heavy atom. The molecule has 0 radical (unpaired) electrons. The summed E-state index contributed by atoms with van der Waals surface area (Å²) < 4.78 is 11.5. The van der Waals surface area contributed by atoms with Crippen LogP contribution in [0.1, 0.15) is 47.5 Å². The lowest BCUT2D eigenvalue weighted by atomic mass is 9.71. The molecule has 0 bridgehead atoms. The second kappa shape index (κ2) is 10.8. The molecular weight excluding hydrogens is 372 g/mol. The number of hydrogen-bond donors (Lipinski definition) is 0. The van der Waals surface area contributed by atoms with E-state index in [1.807, 2.05) is 43.3 Å². The molecule has 2 rings (SSSR count). The van der Waals surface area contributed by atoms with Crippen molar-refractivity contribution in [3.8, 4) is 11.5 Å². The molecule has 3 nitrogen and oxygen atoms in total. The molecule has 160 valence electrons. The Balaban J connectivity index is 2.19. The lowest BCUT2D eigenvalue weighted by Gasteiger charge is -2.37. The quantitative estimate of drug-likeness (QED) is 0.271. The Morgan fingerprint density at radius 3 is 2.30 bits per heavy atom. The summed E-state index contributed by atoms with van der Waals surface area (Å²) in [6, 6.07) is 7.77. The average Bonchev–Trinajstić information content (AvgIpc) is 2.70. The van der Waals surface area contributed by atoms with Gasteiger partial charge in [0.2, 0.25) is 0 Å². The van der Waals surface area contributed by atoms with Crippen LogP contribution in [0.3, 0.4) is 0 Å². The van der Waals surface area contributed by atoms with E-state index in [1.54, 1.807) is 13.2 Å². The first kappa shape index (κ1) is 23.5. The topological polar surface area (TPSA) is 35.5 Å². The molecule has 0 aliphatic heterocycles. The summed E-state index contributed by atoms with van der Waals surface area (Å²) >= 11 is 0. The van der Waals surface area contributed by atoms with E-state index in [-0.39, 0.29) is 11.5 Å². The third-order valence-electron chi connectivity index (χ3n) is 5.57. The highest BCUT2D eigenvalue weighted by Crippen LogP contribution is 2.42. The zero-order valence-corrected chi connectivity index (χ0v) is 19.1. The van der Waals surface area contributed by atoms with Crippen molar-refractivity contribution in [1.82, 2.24) is 0 Å². The molecule has 1 unspecified atom stereocenters. The molecule has 0 heterocycles. The van der Waals surface area contributed by atoms with E-state index in [9.17, 15) is 4.79 Å². The Morgan fingerprint density at radius 2 is 1.67 bits per heavy atom. The largest absolute Gasteiger partial charge is 0.497 e. The van der Waals surface area contributed by atoms with Gasteiger partial charge in [-0.1, -0.05) is 49.8 Å². The van der Waals surface area contributed by atoms with Crippen molar-refractivity contribution in [3.63, 3.8) is 0 Å². The molecule has 1 aromatic rings. The number of methoxy groups -OCH3 is 1. The molecule has 1 aliphatic rings. The summed E-state index contributed by atoms with van der Waals surface area (Å²) in [5.41, 5.74) is 4.81. The predicted octanol–water partition coefficient (Wildman–Crippen LogP) is 6.78. The van der Waals surface area contributed by atoms with E-state index >= 15 is 0 Å². The first-order chi connectivity index (χ1) is 14.3. The van der Waals surface area contributed by atoms with Crippen LogP contribution in [0.15, 0.2) is 83.0 Å². The van der Waals surface area contributed by atoms with E-state index in [4.69, 9.17) is 9.47 Å². The van der Waals surface area contributed by atoms with E-state index in [0.29, 0.717) is 0 Å². The fraction of sp³-hybridized carbons (Fsp3) is 0.370. The van der Waals surface area contributed by atoms with Crippen LogP contribution in [0.2, 0.25) is 0 Å². The molecule has 0 saturated carbocycles. The number of rotatable bonds is 8. The third kappa shape index (κ3) is 6.62. The van der Waals surface area contributed by atoms with Gasteiger partial charge in [-0.05, 0) is 86.1 Å². The Labute approximate surface area is 181 Å². The average molecular weight is 407 g/mol. The second-order valence-electron chi connectivity index (χ2n) is 8.45. The SMILES string of the molecule is COc1ccc(OC2CCC(C)(C)C(/C=C/C(C)=C/C=C/C(C)=C/C=O)=C2C)cc1. The fourth-order valence-corrected chi connectivity index (χ4v) is 3.66. The summed E-state index contributed by atoms with van der Waals surface area (Å²) in [5, 5.41) is 0. The number of carbonyl (C=O) groups is 1. The Hall–Kier alpha value is -2.81. The minimum atomic E-state index is 0.0754. The standard InChI is InChI=1S/C27H34O3/c1-20(8-7-9-21(2)17-19-28)10-15-25-22(3)26(16-18-27(25,4)5)30-24-13-11-23(29-6)12-14-24/h7-15,17,19,26H,16,18H2,1-6H3/b9-7+,15-10+,20-8+,21-17+. The van der Waals surface area contributed by atoms with Gasteiger partial charge in [-0.3, -0.25) is 4.79 Å². The second-order valence-corrected chi connectivity index (χ2v) is 8.45. The first-order valence-corrected chi connectivity index (χ1v) is 10.4. The van der Waals surface area contributed by atoms with Gasteiger partial charge in [0.25, 0.3) is 0 Å². The number of benzene rings is 1. The zero-order chi connectivity index (χ0) is 22.1. The van der Waals surface area contributed by atoms with Gasteiger partial charge in [0.1, 0.15) is 23.9 Å². The van der Waals surface area contributed by atoms with Crippen LogP contribution in [-0.4, -0.2) is 19.5 Å².